The second kappa shape index (κ2) is 9.80. The summed E-state index contributed by atoms with van der Waals surface area (Å²) < 4.78 is 10.5. The molecule has 1 rings (SSSR count). The Kier molecular flexibility index (Phi) is 8.44. The summed E-state index contributed by atoms with van der Waals surface area (Å²) in [6, 6.07) is 0. The van der Waals surface area contributed by atoms with E-state index < -0.39 is 23.5 Å². The van der Waals surface area contributed by atoms with Gasteiger partial charge in [0.25, 0.3) is 0 Å². The minimum absolute atomic E-state index is 0.0192. The number of unbranched alkanes of at least 4 members (excludes halogenated alkanes) is 4. The van der Waals surface area contributed by atoms with Gasteiger partial charge in [0.1, 0.15) is 6.10 Å². The van der Waals surface area contributed by atoms with E-state index in [0.29, 0.717) is 18.6 Å². The number of esters is 2. The molecule has 0 aliphatic carbocycles. The van der Waals surface area contributed by atoms with E-state index in [1.54, 1.807) is 6.92 Å². The molecule has 0 unspecified atom stereocenters. The van der Waals surface area contributed by atoms with E-state index in [4.69, 9.17) is 20.6 Å². The van der Waals surface area contributed by atoms with Gasteiger partial charge in [0, 0.05) is 12.2 Å². The highest BCUT2D eigenvalue weighted by molar-refractivity contribution is 8.13. The van der Waals surface area contributed by atoms with Crippen LogP contribution in [0, 0.1) is 10.8 Å². The van der Waals surface area contributed by atoms with E-state index in [9.17, 15) is 9.59 Å². The molecule has 7 heteroatoms. The van der Waals surface area contributed by atoms with Crippen LogP contribution in [0.1, 0.15) is 58.8 Å². The van der Waals surface area contributed by atoms with Crippen LogP contribution in [0.25, 0.3) is 0 Å². The Labute approximate surface area is 142 Å². The van der Waals surface area contributed by atoms with Crippen molar-refractivity contribution in [2.45, 2.75) is 64.9 Å². The zero-order chi connectivity index (χ0) is 17.3. The van der Waals surface area contributed by atoms with E-state index in [2.05, 4.69) is 6.92 Å². The summed E-state index contributed by atoms with van der Waals surface area (Å²) in [5, 5.41) is 7.22. The number of hydrogen-bond donors (Lipinski definition) is 2. The zero-order valence-electron chi connectivity index (χ0n) is 14.1. The van der Waals surface area contributed by atoms with Gasteiger partial charge in [0.05, 0.1) is 6.61 Å². The van der Waals surface area contributed by atoms with Gasteiger partial charge in [-0.25, -0.2) is 0 Å². The average Bonchev–Trinajstić information content (AvgIpc) is 2.82. The molecule has 132 valence electrons. The summed E-state index contributed by atoms with van der Waals surface area (Å²) in [7, 11) is 0. The minimum atomic E-state index is -1.18. The number of thioether (sulfide) groups is 1. The van der Waals surface area contributed by atoms with Crippen LogP contribution in [0.15, 0.2) is 0 Å². The van der Waals surface area contributed by atoms with Crippen LogP contribution in [0.4, 0.5) is 0 Å². The van der Waals surface area contributed by atoms with Crippen LogP contribution >= 0.6 is 11.8 Å². The van der Waals surface area contributed by atoms with Gasteiger partial charge in [0.15, 0.2) is 10.6 Å². The van der Waals surface area contributed by atoms with Gasteiger partial charge in [-0.05, 0) is 13.3 Å². The molecule has 2 atom stereocenters. The Hall–Kier alpha value is -1.24. The minimum Gasteiger partial charge on any atom is -0.465 e. The first-order valence-electron chi connectivity index (χ1n) is 8.31. The van der Waals surface area contributed by atoms with Gasteiger partial charge in [-0.2, -0.15) is 0 Å². The lowest BCUT2D eigenvalue weighted by atomic mass is 9.79. The molecule has 0 aromatic rings. The third-order valence-corrected chi connectivity index (χ3v) is 4.89. The molecular weight excluding hydrogens is 316 g/mol. The van der Waals surface area contributed by atoms with Crippen molar-refractivity contribution in [1.29, 1.82) is 5.41 Å². The monoisotopic (exact) mass is 344 g/mol. The van der Waals surface area contributed by atoms with Crippen molar-refractivity contribution in [2.75, 3.05) is 12.4 Å². The van der Waals surface area contributed by atoms with Gasteiger partial charge in [-0.15, -0.1) is 0 Å². The van der Waals surface area contributed by atoms with Crippen molar-refractivity contribution < 1.29 is 19.1 Å². The Bertz CT molecular complexity index is 430. The highest BCUT2D eigenvalue weighted by Crippen LogP contribution is 2.41. The highest BCUT2D eigenvalue weighted by atomic mass is 32.2. The molecule has 0 amide bonds. The predicted molar refractivity (Wildman–Crippen MR) is 91.3 cm³/mol. The number of carbonyl (C=O) groups excluding carboxylic acids is 2. The fourth-order valence-electron chi connectivity index (χ4n) is 2.83. The molecule has 1 fully saturated rings. The normalized spacial score (nSPS) is 23.6. The van der Waals surface area contributed by atoms with Crippen LogP contribution in [0.5, 0.6) is 0 Å². The molecule has 0 saturated carbocycles. The maximum absolute atomic E-state index is 12.4. The molecule has 0 spiro atoms. The lowest BCUT2D eigenvalue weighted by Crippen LogP contribution is -2.37. The quantitative estimate of drug-likeness (QED) is 0.208. The molecule has 0 radical (unpaired) electrons. The van der Waals surface area contributed by atoms with Gasteiger partial charge in [0.2, 0.25) is 0 Å². The second-order valence-corrected chi connectivity index (χ2v) is 6.94. The maximum Gasteiger partial charge on any atom is 0.323 e. The topological polar surface area (TPSA) is 102 Å². The summed E-state index contributed by atoms with van der Waals surface area (Å²) in [4.78, 5) is 24.8. The number of nitrogens with two attached hydrogens (primary N) is 1. The Morgan fingerprint density at radius 2 is 2.09 bits per heavy atom. The maximum atomic E-state index is 12.4. The Morgan fingerprint density at radius 1 is 1.39 bits per heavy atom. The van der Waals surface area contributed by atoms with Crippen LogP contribution in [0.3, 0.4) is 0 Å². The average molecular weight is 344 g/mol. The molecule has 3 N–H and O–H groups in total. The fourth-order valence-corrected chi connectivity index (χ4v) is 3.38. The van der Waals surface area contributed by atoms with Crippen LogP contribution in [0.2, 0.25) is 0 Å². The smallest absolute Gasteiger partial charge is 0.323 e. The lowest BCUT2D eigenvalue weighted by molar-refractivity contribution is -0.165. The molecule has 0 aromatic heterocycles. The van der Waals surface area contributed by atoms with Crippen LogP contribution in [-0.4, -0.2) is 35.6 Å². The number of carbonyl (C=O) groups is 2. The molecule has 6 nitrogen and oxygen atoms in total. The van der Waals surface area contributed by atoms with Crippen molar-refractivity contribution in [3.05, 3.63) is 0 Å². The molecule has 0 aromatic carbocycles. The largest absolute Gasteiger partial charge is 0.465 e. The van der Waals surface area contributed by atoms with E-state index >= 15 is 0 Å². The molecule has 1 heterocycles. The summed E-state index contributed by atoms with van der Waals surface area (Å²) in [5.74, 6) is -0.561. The second-order valence-electron chi connectivity index (χ2n) is 5.87. The first-order chi connectivity index (χ1) is 11.0. The molecule has 1 saturated heterocycles. The summed E-state index contributed by atoms with van der Waals surface area (Å²) in [6.07, 6.45) is 5.61. The van der Waals surface area contributed by atoms with Gasteiger partial charge < -0.3 is 15.2 Å². The standard InChI is InChI=1S/C16H28N2O4S/c1-3-5-6-7-8-9-16(13(19)21-4-2)10-12(22-14(16)20)11-23-15(17)18/h12H,3-11H2,1-2H3,(H3,17,18)/t12-,16-/m0/s1. The van der Waals surface area contributed by atoms with E-state index in [-0.39, 0.29) is 11.8 Å². The lowest BCUT2D eigenvalue weighted by Gasteiger charge is -2.22. The number of amidine groups is 1. The van der Waals surface area contributed by atoms with Crippen molar-refractivity contribution in [3.63, 3.8) is 0 Å². The summed E-state index contributed by atoms with van der Waals surface area (Å²) in [6.45, 7) is 4.12. The summed E-state index contributed by atoms with van der Waals surface area (Å²) in [5.41, 5.74) is 4.14. The third-order valence-electron chi connectivity index (χ3n) is 4.04. The van der Waals surface area contributed by atoms with E-state index in [0.717, 1.165) is 43.9 Å². The summed E-state index contributed by atoms with van der Waals surface area (Å²) >= 11 is 1.12. The van der Waals surface area contributed by atoms with E-state index in [1.165, 1.54) is 0 Å². The van der Waals surface area contributed by atoms with Gasteiger partial charge >= 0.3 is 11.9 Å². The molecule has 1 aliphatic rings. The van der Waals surface area contributed by atoms with Crippen molar-refractivity contribution >= 4 is 28.9 Å². The third kappa shape index (κ3) is 5.71. The Morgan fingerprint density at radius 3 is 2.70 bits per heavy atom. The van der Waals surface area contributed by atoms with Gasteiger partial charge in [-0.3, -0.25) is 15.0 Å². The number of ether oxygens (including phenoxy) is 2. The molecule has 0 bridgehead atoms. The van der Waals surface area contributed by atoms with Crippen LogP contribution < -0.4 is 5.73 Å². The van der Waals surface area contributed by atoms with Crippen LogP contribution in [-0.2, 0) is 19.1 Å². The van der Waals surface area contributed by atoms with Crippen molar-refractivity contribution in [2.24, 2.45) is 11.1 Å². The first-order valence-corrected chi connectivity index (χ1v) is 9.30. The molecular formula is C16H28N2O4S. The van der Waals surface area contributed by atoms with Crippen molar-refractivity contribution in [1.82, 2.24) is 0 Å². The van der Waals surface area contributed by atoms with E-state index in [1.807, 2.05) is 0 Å². The Balaban J connectivity index is 2.69. The highest BCUT2D eigenvalue weighted by Gasteiger charge is 2.55. The molecule has 1 aliphatic heterocycles. The van der Waals surface area contributed by atoms with Gasteiger partial charge in [-0.1, -0.05) is 50.8 Å². The predicted octanol–water partition coefficient (Wildman–Crippen LogP) is 2.84. The number of cyclic esters (lactones) is 1. The molecule has 23 heavy (non-hydrogen) atoms. The number of hydrogen-bond acceptors (Lipinski definition) is 6. The van der Waals surface area contributed by atoms with Crippen molar-refractivity contribution in [3.8, 4) is 0 Å². The number of nitrogens with one attached hydrogen (secondary N) is 1. The fraction of sp³-hybridized carbons (Fsp3) is 0.812. The first kappa shape index (κ1) is 19.8. The SMILES string of the molecule is CCCCCCC[C@@]1(C(=O)OCC)C[C@@H](CSC(=N)N)OC1=O. The number of rotatable bonds is 10. The zero-order valence-corrected chi connectivity index (χ0v) is 14.9.